The predicted octanol–water partition coefficient (Wildman–Crippen LogP) is 19.7. The van der Waals surface area contributed by atoms with Gasteiger partial charge in [0.25, 0.3) is 0 Å². The molecule has 0 saturated carbocycles. The van der Waals surface area contributed by atoms with E-state index in [4.69, 9.17) is 24.9 Å². The molecule has 0 N–H and O–H groups in total. The third-order valence-corrected chi connectivity index (χ3v) is 16.8. The van der Waals surface area contributed by atoms with Crippen LogP contribution in [0.1, 0.15) is 5.56 Å². The average molecular weight is 1120 g/mol. The van der Waals surface area contributed by atoms with E-state index in [1.807, 2.05) is 122 Å². The molecule has 16 aromatic rings. The maximum Gasteiger partial charge on any atom is 0.138 e. The van der Waals surface area contributed by atoms with Crippen LogP contribution >= 0.6 is 0 Å². The summed E-state index contributed by atoms with van der Waals surface area (Å²) in [5, 5.41) is 14.7. The van der Waals surface area contributed by atoms with Crippen LogP contribution in [0, 0.1) is 11.3 Å². The summed E-state index contributed by atoms with van der Waals surface area (Å²) in [6, 6.07) is 97.3. The van der Waals surface area contributed by atoms with Gasteiger partial charge in [0.1, 0.15) is 5.82 Å². The largest absolute Gasteiger partial charge is 0.307 e. The van der Waals surface area contributed by atoms with Gasteiger partial charge in [-0.25, -0.2) is 4.98 Å². The normalized spacial score (nSPS) is 11.4. The van der Waals surface area contributed by atoms with E-state index in [9.17, 15) is 5.26 Å². The summed E-state index contributed by atoms with van der Waals surface area (Å²) in [5.41, 5.74) is 23.4. The van der Waals surface area contributed by atoms with Gasteiger partial charge in [-0.3, -0.25) is 24.5 Å². The third kappa shape index (κ3) is 9.33. The van der Waals surface area contributed by atoms with Crippen molar-refractivity contribution in [1.82, 2.24) is 34.1 Å². The van der Waals surface area contributed by atoms with E-state index in [-0.39, 0.29) is 0 Å². The Kier molecular flexibility index (Phi) is 12.7. The molecule has 0 unspecified atom stereocenters. The number of rotatable bonds is 11. The maximum atomic E-state index is 10.4. The highest BCUT2D eigenvalue weighted by Gasteiger charge is 2.22. The van der Waals surface area contributed by atoms with Gasteiger partial charge in [0.15, 0.2) is 0 Å². The van der Waals surface area contributed by atoms with Crippen molar-refractivity contribution in [3.05, 3.63) is 310 Å². The number of benzene rings is 9. The van der Waals surface area contributed by atoms with Crippen LogP contribution in [0.15, 0.2) is 304 Å². The summed E-state index contributed by atoms with van der Waals surface area (Å²) in [7, 11) is 0. The Bertz CT molecular complexity index is 5050. The Balaban J connectivity index is 0.877. The zero-order chi connectivity index (χ0) is 58.5. The molecular weight excluding hydrogens is 1070 g/mol. The molecule has 0 aliphatic carbocycles. The Hall–Kier alpha value is -12.2. The summed E-state index contributed by atoms with van der Waals surface area (Å²) in [4.78, 5) is 25.2. The predicted molar refractivity (Wildman–Crippen MR) is 358 cm³/mol. The molecular formula is C80H50N8. The van der Waals surface area contributed by atoms with Gasteiger partial charge >= 0.3 is 0 Å². The highest BCUT2D eigenvalue weighted by Crippen LogP contribution is 2.43. The zero-order valence-corrected chi connectivity index (χ0v) is 47.4. The van der Waals surface area contributed by atoms with Crippen LogP contribution in [0.4, 0.5) is 0 Å². The molecule has 16 rings (SSSR count). The maximum absolute atomic E-state index is 10.4. The zero-order valence-electron chi connectivity index (χ0n) is 47.4. The molecule has 410 valence electrons. The second-order valence-electron chi connectivity index (χ2n) is 22.0. The Morgan fingerprint density at radius 1 is 0.250 bits per heavy atom. The smallest absolute Gasteiger partial charge is 0.138 e. The topological polar surface area (TPSA) is 98.1 Å². The number of nitriles is 1. The van der Waals surface area contributed by atoms with E-state index < -0.39 is 0 Å². The number of hydrogen-bond donors (Lipinski definition) is 0. The molecule has 0 fully saturated rings. The van der Waals surface area contributed by atoms with Crippen molar-refractivity contribution in [3.63, 3.8) is 0 Å². The van der Waals surface area contributed by atoms with Crippen molar-refractivity contribution in [1.29, 1.82) is 5.26 Å². The molecule has 7 heterocycles. The lowest BCUT2D eigenvalue weighted by atomic mass is 10.0. The molecule has 9 aromatic carbocycles. The van der Waals surface area contributed by atoms with Crippen LogP contribution in [0.3, 0.4) is 0 Å². The highest BCUT2D eigenvalue weighted by atomic mass is 15.1. The van der Waals surface area contributed by atoms with Crippen LogP contribution in [-0.4, -0.2) is 34.1 Å². The molecule has 0 atom stereocenters. The van der Waals surface area contributed by atoms with E-state index >= 15 is 0 Å². The van der Waals surface area contributed by atoms with Crippen molar-refractivity contribution in [3.8, 4) is 118 Å². The number of fused-ring (bicyclic) bond motifs is 6. The second-order valence-corrected chi connectivity index (χ2v) is 22.0. The lowest BCUT2D eigenvalue weighted by Gasteiger charge is -2.17. The van der Waals surface area contributed by atoms with Gasteiger partial charge in [0.05, 0.1) is 68.4 Å². The van der Waals surface area contributed by atoms with Crippen molar-refractivity contribution >= 4 is 43.6 Å². The minimum Gasteiger partial charge on any atom is -0.307 e. The molecule has 0 aliphatic heterocycles. The fraction of sp³-hybridized carbons (Fsp3) is 0. The first-order valence-electron chi connectivity index (χ1n) is 29.3. The highest BCUT2D eigenvalue weighted by molar-refractivity contribution is 6.13. The van der Waals surface area contributed by atoms with Gasteiger partial charge < -0.3 is 4.57 Å². The summed E-state index contributed by atoms with van der Waals surface area (Å²) in [5.74, 6) is 0.729. The van der Waals surface area contributed by atoms with Gasteiger partial charge in [-0.2, -0.15) is 5.26 Å². The molecule has 8 nitrogen and oxygen atoms in total. The molecule has 7 aromatic heterocycles. The van der Waals surface area contributed by atoms with Crippen LogP contribution in [-0.2, 0) is 0 Å². The Morgan fingerprint density at radius 2 is 0.580 bits per heavy atom. The Morgan fingerprint density at radius 3 is 0.909 bits per heavy atom. The van der Waals surface area contributed by atoms with Crippen LogP contribution in [0.2, 0.25) is 0 Å². The van der Waals surface area contributed by atoms with Crippen LogP contribution in [0.25, 0.3) is 156 Å². The minimum atomic E-state index is 0.562. The van der Waals surface area contributed by atoms with Crippen LogP contribution < -0.4 is 0 Å². The fourth-order valence-corrected chi connectivity index (χ4v) is 12.4. The second kappa shape index (κ2) is 21.8. The van der Waals surface area contributed by atoms with E-state index in [0.717, 1.165) is 156 Å². The van der Waals surface area contributed by atoms with E-state index in [1.54, 1.807) is 0 Å². The first-order valence-corrected chi connectivity index (χ1v) is 29.3. The summed E-state index contributed by atoms with van der Waals surface area (Å²) >= 11 is 0. The van der Waals surface area contributed by atoms with Crippen molar-refractivity contribution in [2.75, 3.05) is 0 Å². The number of hydrogen-bond acceptors (Lipinski definition) is 6. The summed E-state index contributed by atoms with van der Waals surface area (Å²) < 4.78 is 4.60. The standard InChI is InChI=1S/C80H50N8/c81-46-52-14-13-23-61(40-52)66-45-80(88-77-38-30-59(64-26-34-73(84-49-64)55-19-9-3-10-20-55)43-69(77)70-44-60(31-39-78(70)88)65-27-35-74(85-50-65)56-21-11-4-12-22-56)86-51-79(66)87-75-36-28-57(62-24-32-71(82-47-62)53-15-5-1-6-16-53)41-67(75)68-42-58(29-37-76(68)87)63-25-33-72(83-48-63)54-17-7-2-8-18-54/h1-45,47-51H. The van der Waals surface area contributed by atoms with Crippen molar-refractivity contribution in [2.24, 2.45) is 0 Å². The SMILES string of the molecule is N#Cc1cccc(-c2cc(-n3c4ccc(-c5ccc(-c6ccccc6)nc5)cc4c4cc(-c5ccc(-c6ccccc6)nc5)ccc43)ncc2-n2c3ccc(-c4ccc(-c5ccccc5)nc4)cc3c3cc(-c4ccc(-c5ccccc5)nc4)ccc32)c1. The third-order valence-electron chi connectivity index (χ3n) is 16.8. The van der Waals surface area contributed by atoms with Crippen molar-refractivity contribution < 1.29 is 0 Å². The molecule has 8 heteroatoms. The van der Waals surface area contributed by atoms with E-state index in [2.05, 4.69) is 197 Å². The van der Waals surface area contributed by atoms with Gasteiger partial charge in [-0.05, 0) is 119 Å². The van der Waals surface area contributed by atoms with Gasteiger partial charge in [-0.1, -0.05) is 182 Å². The van der Waals surface area contributed by atoms with Gasteiger partial charge in [0, 0.05) is 96.4 Å². The van der Waals surface area contributed by atoms with Crippen molar-refractivity contribution in [2.45, 2.75) is 0 Å². The monoisotopic (exact) mass is 1120 g/mol. The molecule has 0 spiro atoms. The molecule has 88 heavy (non-hydrogen) atoms. The first kappa shape index (κ1) is 51.5. The number of aromatic nitrogens is 7. The molecule has 0 bridgehead atoms. The first-order chi connectivity index (χ1) is 43.5. The minimum absolute atomic E-state index is 0.562. The Labute approximate surface area is 507 Å². The summed E-state index contributed by atoms with van der Waals surface area (Å²) in [6.07, 6.45) is 9.87. The fourth-order valence-electron chi connectivity index (χ4n) is 12.4. The average Bonchev–Trinajstić information content (AvgIpc) is 1.97. The quantitative estimate of drug-likeness (QED) is 0.128. The number of pyridine rings is 5. The molecule has 0 aliphatic rings. The van der Waals surface area contributed by atoms with E-state index in [1.165, 1.54) is 0 Å². The molecule has 0 radical (unpaired) electrons. The number of nitrogens with zero attached hydrogens (tertiary/aromatic N) is 8. The van der Waals surface area contributed by atoms with E-state index in [0.29, 0.717) is 5.56 Å². The molecule has 0 amide bonds. The summed E-state index contributed by atoms with van der Waals surface area (Å²) in [6.45, 7) is 0. The van der Waals surface area contributed by atoms with Gasteiger partial charge in [-0.15, -0.1) is 0 Å². The molecule has 0 saturated heterocycles. The lowest BCUT2D eigenvalue weighted by Crippen LogP contribution is -2.03. The van der Waals surface area contributed by atoms with Crippen LogP contribution in [0.5, 0.6) is 0 Å². The lowest BCUT2D eigenvalue weighted by molar-refractivity contribution is 1.06. The van der Waals surface area contributed by atoms with Gasteiger partial charge in [0.2, 0.25) is 0 Å².